The molecule has 0 heterocycles. The van der Waals surface area contributed by atoms with E-state index in [1.165, 1.54) is 19.6 Å². The van der Waals surface area contributed by atoms with Gasteiger partial charge >= 0.3 is 0 Å². The first-order valence-electron chi connectivity index (χ1n) is 6.79. The van der Waals surface area contributed by atoms with Crippen LogP contribution in [0, 0.1) is 10.5 Å². The Balaban J connectivity index is 1.92. The van der Waals surface area contributed by atoms with E-state index >= 15 is 0 Å². The fraction of sp³-hybridized carbons (Fsp3) is 0.294. The maximum Gasteiger partial charge on any atom is 0.0199 e. The minimum Gasteiger partial charge on any atom is -0.316 e. The molecule has 2 rings (SSSR count). The summed E-state index contributed by atoms with van der Waals surface area (Å²) in [7, 11) is 2.05. The molecule has 1 N–H and O–H groups in total. The average molecular weight is 397 g/mol. The Kier molecular flexibility index (Phi) is 6.39. The van der Waals surface area contributed by atoms with Gasteiger partial charge < -0.3 is 5.32 Å². The Hall–Kier alpha value is -0.520. The van der Waals surface area contributed by atoms with Crippen LogP contribution in [0.3, 0.4) is 0 Å². The van der Waals surface area contributed by atoms with E-state index in [2.05, 4.69) is 90.4 Å². The van der Waals surface area contributed by atoms with Crippen molar-refractivity contribution in [1.29, 1.82) is 0 Å². The van der Waals surface area contributed by atoms with Crippen LogP contribution in [0.2, 0.25) is 0 Å². The highest BCUT2D eigenvalue weighted by molar-refractivity contribution is 14.1. The Labute approximate surface area is 139 Å². The largest absolute Gasteiger partial charge is 0.316 e. The van der Waals surface area contributed by atoms with Crippen molar-refractivity contribution in [2.45, 2.75) is 24.3 Å². The fourth-order valence-corrected chi connectivity index (χ4v) is 3.55. The first-order valence-corrected chi connectivity index (χ1v) is 8.85. The molecule has 0 saturated carbocycles. The topological polar surface area (TPSA) is 12.0 Å². The third-order valence-corrected chi connectivity index (χ3v) is 5.39. The van der Waals surface area contributed by atoms with Crippen LogP contribution in [0.5, 0.6) is 0 Å². The van der Waals surface area contributed by atoms with Crippen LogP contribution in [-0.2, 0) is 6.42 Å². The number of hydrogen-bond acceptors (Lipinski definition) is 2. The zero-order chi connectivity index (χ0) is 14.4. The minimum absolute atomic E-state index is 0.500. The molecule has 1 unspecified atom stereocenters. The van der Waals surface area contributed by atoms with Gasteiger partial charge in [-0.1, -0.05) is 30.3 Å². The number of halogens is 1. The molecular formula is C17H20INS. The first-order chi connectivity index (χ1) is 9.69. The highest BCUT2D eigenvalue weighted by atomic mass is 127. The molecule has 0 bridgehead atoms. The monoisotopic (exact) mass is 397 g/mol. The lowest BCUT2D eigenvalue weighted by atomic mass is 10.1. The zero-order valence-corrected chi connectivity index (χ0v) is 14.9. The van der Waals surface area contributed by atoms with Crippen molar-refractivity contribution in [3.05, 3.63) is 63.2 Å². The lowest BCUT2D eigenvalue weighted by Gasteiger charge is -2.16. The van der Waals surface area contributed by atoms with Crippen LogP contribution >= 0.6 is 34.4 Å². The summed E-state index contributed by atoms with van der Waals surface area (Å²) >= 11 is 4.29. The molecule has 0 radical (unpaired) electrons. The maximum absolute atomic E-state index is 3.43. The average Bonchev–Trinajstić information content (AvgIpc) is 2.47. The Morgan fingerprint density at radius 1 is 1.10 bits per heavy atom. The van der Waals surface area contributed by atoms with Gasteiger partial charge in [-0.05, 0) is 72.3 Å². The predicted molar refractivity (Wildman–Crippen MR) is 97.6 cm³/mol. The minimum atomic E-state index is 0.500. The number of benzene rings is 2. The third kappa shape index (κ3) is 4.79. The van der Waals surface area contributed by atoms with Crippen molar-refractivity contribution in [2.24, 2.45) is 0 Å². The second-order valence-electron chi connectivity index (χ2n) is 4.89. The van der Waals surface area contributed by atoms with Gasteiger partial charge in [-0.3, -0.25) is 0 Å². The molecule has 0 spiro atoms. The molecule has 0 fully saturated rings. The molecule has 20 heavy (non-hydrogen) atoms. The standard InChI is InChI=1S/C17H20INS/c1-13-5-3-4-6-17(13)20-12-16(19-2)11-14-7-9-15(18)10-8-14/h3-10,16,19H,11-12H2,1-2H3. The number of aryl methyl sites for hydroxylation is 1. The summed E-state index contributed by atoms with van der Waals surface area (Å²) in [6, 6.07) is 17.9. The van der Waals surface area contributed by atoms with Gasteiger partial charge in [0.05, 0.1) is 0 Å². The molecule has 2 aromatic rings. The molecule has 0 aliphatic heterocycles. The van der Waals surface area contributed by atoms with E-state index in [1.807, 2.05) is 11.8 Å². The number of hydrogen-bond donors (Lipinski definition) is 1. The molecule has 0 aliphatic carbocycles. The van der Waals surface area contributed by atoms with E-state index in [9.17, 15) is 0 Å². The van der Waals surface area contributed by atoms with E-state index in [0.717, 1.165) is 12.2 Å². The molecule has 2 aromatic carbocycles. The SMILES string of the molecule is CNC(CSc1ccccc1C)Cc1ccc(I)cc1. The summed E-state index contributed by atoms with van der Waals surface area (Å²) in [6.45, 7) is 2.18. The summed E-state index contributed by atoms with van der Waals surface area (Å²) < 4.78 is 1.29. The molecule has 0 aliphatic rings. The molecule has 0 saturated heterocycles. The summed E-state index contributed by atoms with van der Waals surface area (Å²) in [6.07, 6.45) is 1.08. The zero-order valence-electron chi connectivity index (χ0n) is 11.9. The second kappa shape index (κ2) is 8.05. The fourth-order valence-electron chi connectivity index (χ4n) is 2.06. The summed E-state index contributed by atoms with van der Waals surface area (Å²) in [5.41, 5.74) is 2.76. The van der Waals surface area contributed by atoms with Gasteiger partial charge in [0.15, 0.2) is 0 Å². The van der Waals surface area contributed by atoms with Gasteiger partial charge in [-0.2, -0.15) is 0 Å². The molecular weight excluding hydrogens is 377 g/mol. The predicted octanol–water partition coefficient (Wildman–Crippen LogP) is 4.52. The van der Waals surface area contributed by atoms with Gasteiger partial charge in [-0.15, -0.1) is 11.8 Å². The van der Waals surface area contributed by atoms with Crippen molar-refractivity contribution in [3.63, 3.8) is 0 Å². The number of nitrogens with one attached hydrogen (secondary N) is 1. The van der Waals surface area contributed by atoms with Gasteiger partial charge in [0.2, 0.25) is 0 Å². The highest BCUT2D eigenvalue weighted by Gasteiger charge is 2.09. The van der Waals surface area contributed by atoms with Crippen molar-refractivity contribution in [2.75, 3.05) is 12.8 Å². The van der Waals surface area contributed by atoms with E-state index < -0.39 is 0 Å². The lowest BCUT2D eigenvalue weighted by Crippen LogP contribution is -2.30. The normalized spacial score (nSPS) is 12.3. The van der Waals surface area contributed by atoms with E-state index in [-0.39, 0.29) is 0 Å². The Morgan fingerprint density at radius 3 is 2.45 bits per heavy atom. The molecule has 106 valence electrons. The second-order valence-corrected chi connectivity index (χ2v) is 7.20. The van der Waals surface area contributed by atoms with Crippen LogP contribution < -0.4 is 5.32 Å². The smallest absolute Gasteiger partial charge is 0.0199 e. The Morgan fingerprint density at radius 2 is 1.80 bits per heavy atom. The quantitative estimate of drug-likeness (QED) is 0.568. The van der Waals surface area contributed by atoms with Crippen molar-refractivity contribution < 1.29 is 0 Å². The first kappa shape index (κ1) is 15.9. The number of thioether (sulfide) groups is 1. The highest BCUT2D eigenvalue weighted by Crippen LogP contribution is 2.23. The van der Waals surface area contributed by atoms with Gasteiger partial charge in [0.25, 0.3) is 0 Å². The van der Waals surface area contributed by atoms with Crippen LogP contribution in [0.15, 0.2) is 53.4 Å². The van der Waals surface area contributed by atoms with Crippen molar-refractivity contribution >= 4 is 34.4 Å². The maximum atomic E-state index is 3.43. The number of rotatable bonds is 6. The summed E-state index contributed by atoms with van der Waals surface area (Å²) in [5.74, 6) is 1.09. The van der Waals surface area contributed by atoms with E-state index in [1.54, 1.807) is 0 Å². The van der Waals surface area contributed by atoms with Crippen molar-refractivity contribution in [1.82, 2.24) is 5.32 Å². The third-order valence-electron chi connectivity index (χ3n) is 3.34. The van der Waals surface area contributed by atoms with Gasteiger partial charge in [0, 0.05) is 20.3 Å². The summed E-state index contributed by atoms with van der Waals surface area (Å²) in [5, 5.41) is 3.43. The van der Waals surface area contributed by atoms with E-state index in [4.69, 9.17) is 0 Å². The molecule has 1 atom stereocenters. The van der Waals surface area contributed by atoms with Crippen LogP contribution in [0.25, 0.3) is 0 Å². The number of likely N-dealkylation sites (N-methyl/N-ethyl adjacent to an activating group) is 1. The molecule has 3 heteroatoms. The Bertz CT molecular complexity index is 539. The molecule has 1 nitrogen and oxygen atoms in total. The van der Waals surface area contributed by atoms with Crippen LogP contribution in [0.1, 0.15) is 11.1 Å². The van der Waals surface area contributed by atoms with Crippen molar-refractivity contribution in [3.8, 4) is 0 Å². The van der Waals surface area contributed by atoms with Crippen LogP contribution in [0.4, 0.5) is 0 Å². The summed E-state index contributed by atoms with van der Waals surface area (Å²) in [4.78, 5) is 1.38. The van der Waals surface area contributed by atoms with Gasteiger partial charge in [-0.25, -0.2) is 0 Å². The van der Waals surface area contributed by atoms with Gasteiger partial charge in [0.1, 0.15) is 0 Å². The lowest BCUT2D eigenvalue weighted by molar-refractivity contribution is 0.617. The van der Waals surface area contributed by atoms with E-state index in [0.29, 0.717) is 6.04 Å². The molecule has 0 amide bonds. The molecule has 0 aromatic heterocycles. The van der Waals surface area contributed by atoms with Crippen LogP contribution in [-0.4, -0.2) is 18.8 Å².